The van der Waals surface area contributed by atoms with Crippen LogP contribution in [0.2, 0.25) is 0 Å². The second-order valence-corrected chi connectivity index (χ2v) is 21.9. The summed E-state index contributed by atoms with van der Waals surface area (Å²) in [7, 11) is -13.0. The minimum atomic E-state index is -6.44. The Morgan fingerprint density at radius 2 is 0.561 bits per heavy atom. The van der Waals surface area contributed by atoms with Crippen LogP contribution >= 0.6 is 0 Å². The van der Waals surface area contributed by atoms with Gasteiger partial charge < -0.3 is 9.11 Å². The van der Waals surface area contributed by atoms with Gasteiger partial charge in [0.2, 0.25) is 0 Å². The van der Waals surface area contributed by atoms with Crippen molar-refractivity contribution >= 4 is 42.0 Å². The summed E-state index contributed by atoms with van der Waals surface area (Å²) in [4.78, 5) is 8.19. The lowest BCUT2D eigenvalue weighted by Gasteiger charge is -2.21. The Hall–Kier alpha value is -4.30. The molecule has 0 aliphatic carbocycles. The number of rotatable bonds is 8. The van der Waals surface area contributed by atoms with Crippen LogP contribution in [-0.4, -0.2) is 30.5 Å². The summed E-state index contributed by atoms with van der Waals surface area (Å²) < 4.78 is 74.0. The molecule has 0 bridgehead atoms. The lowest BCUT2D eigenvalue weighted by molar-refractivity contribution is 0.150. The molecule has 57 heavy (non-hydrogen) atoms. The van der Waals surface area contributed by atoms with Crippen LogP contribution < -0.4 is 0 Å². The van der Waals surface area contributed by atoms with E-state index in [1.54, 1.807) is 0 Å². The van der Waals surface area contributed by atoms with Crippen molar-refractivity contribution in [3.63, 3.8) is 0 Å². The van der Waals surface area contributed by atoms with Crippen molar-refractivity contribution in [2.24, 2.45) is 0 Å². The Kier molecular flexibility index (Phi) is 15.1. The van der Waals surface area contributed by atoms with Gasteiger partial charge in [0.05, 0.1) is 21.8 Å². The van der Waals surface area contributed by atoms with Gasteiger partial charge in [0, 0.05) is 0 Å². The van der Waals surface area contributed by atoms with Crippen molar-refractivity contribution in [2.45, 2.75) is 86.3 Å². The normalized spacial score (nSPS) is 12.3. The van der Waals surface area contributed by atoms with E-state index in [1.165, 1.54) is 40.5 Å². The summed E-state index contributed by atoms with van der Waals surface area (Å²) in [6.45, 7) is 13.6. The molecule has 0 amide bonds. The maximum absolute atomic E-state index is 11.6. The van der Waals surface area contributed by atoms with E-state index in [4.69, 9.17) is 0 Å². The first-order valence-electron chi connectivity index (χ1n) is 17.8. The molecule has 0 N–H and O–H groups in total. The van der Waals surface area contributed by atoms with Gasteiger partial charge in [-0.15, -0.1) is 0 Å². The quantitative estimate of drug-likeness (QED) is 0.111. The second kappa shape index (κ2) is 19.0. The van der Waals surface area contributed by atoms with Crippen molar-refractivity contribution in [1.82, 2.24) is 0 Å². The Morgan fingerprint density at radius 1 is 0.368 bits per heavy atom. The molecule has 0 unspecified atom stereocenters. The van der Waals surface area contributed by atoms with Gasteiger partial charge in [0.25, 0.3) is 0 Å². The Balaban J connectivity index is 0.000000203. The number of halogens is 2. The Labute approximate surface area is 342 Å². The van der Waals surface area contributed by atoms with Crippen LogP contribution in [0, 0.1) is 0 Å². The third-order valence-electron chi connectivity index (χ3n) is 8.41. The van der Waals surface area contributed by atoms with Crippen molar-refractivity contribution in [3.05, 3.63) is 181 Å². The first-order valence-corrected chi connectivity index (χ1v) is 23.1. The fourth-order valence-electron chi connectivity index (χ4n) is 5.35. The molecule has 0 spiro atoms. The van der Waals surface area contributed by atoms with Crippen LogP contribution in [0.4, 0.5) is 8.78 Å². The fraction of sp³-hybridized carbons (Fsp3) is 0.200. The van der Waals surface area contributed by atoms with Crippen LogP contribution in [0.25, 0.3) is 0 Å². The van der Waals surface area contributed by atoms with Crippen molar-refractivity contribution in [2.75, 3.05) is 0 Å². The third-order valence-corrected chi connectivity index (χ3v) is 15.3. The first-order chi connectivity index (χ1) is 26.6. The molecule has 300 valence electrons. The molecular formula is C45H46F2O6S4. The molecule has 0 heterocycles. The molecule has 6 aromatic rings. The van der Waals surface area contributed by atoms with Gasteiger partial charge in [-0.05, 0) is 94.8 Å². The molecule has 6 nitrogen and oxygen atoms in total. The average Bonchev–Trinajstić information content (AvgIpc) is 3.16. The molecule has 6 rings (SSSR count). The molecular weight excluding hydrogens is 803 g/mol. The van der Waals surface area contributed by atoms with E-state index in [9.17, 15) is 34.7 Å². The Bertz CT molecular complexity index is 2120. The monoisotopic (exact) mass is 848 g/mol. The van der Waals surface area contributed by atoms with E-state index >= 15 is 0 Å². The zero-order valence-electron chi connectivity index (χ0n) is 32.5. The standard InChI is InChI=1S/2C22H23S.CH2F2O6S2/c2*1-22(2,3)18-14-16-21(17-15-18)23(19-10-6-4-7-11-19)20-12-8-5-9-13-20;2-1(3,10(4,5)6)11(7,8)9/h2*4-17H,1-3H3;(H,4,5,6)(H,7,8,9)/q2*+1;/p-2. The topological polar surface area (TPSA) is 114 Å². The SMILES string of the molecule is CC(C)(C)c1ccc([S+](c2ccccc2)c2ccccc2)cc1.CC(C)(C)c1ccc([S+](c2ccccc2)c2ccccc2)cc1.O=S(=O)([O-])C(F)(F)S(=O)(=O)[O-]. The van der Waals surface area contributed by atoms with E-state index in [2.05, 4.69) is 211 Å². The Morgan fingerprint density at radius 3 is 0.719 bits per heavy atom. The molecule has 6 aromatic carbocycles. The molecule has 0 aliphatic rings. The van der Waals surface area contributed by atoms with Crippen LogP contribution in [0.15, 0.2) is 199 Å². The highest BCUT2D eigenvalue weighted by Crippen LogP contribution is 2.34. The first kappa shape index (κ1) is 45.4. The lowest BCUT2D eigenvalue weighted by atomic mass is 9.87. The van der Waals surface area contributed by atoms with Crippen molar-refractivity contribution in [3.8, 4) is 0 Å². The maximum Gasteiger partial charge on any atom is 0.422 e. The zero-order valence-corrected chi connectivity index (χ0v) is 35.8. The molecule has 0 radical (unpaired) electrons. The minimum absolute atomic E-state index is 0.0497. The summed E-state index contributed by atoms with van der Waals surface area (Å²) in [5.41, 5.74) is 3.14. The fourth-order valence-corrected chi connectivity index (χ4v) is 10.5. The van der Waals surface area contributed by atoms with Gasteiger partial charge in [-0.3, -0.25) is 0 Å². The van der Waals surface area contributed by atoms with E-state index in [0.717, 1.165) is 0 Å². The molecule has 0 aliphatic heterocycles. The molecule has 0 fully saturated rings. The van der Waals surface area contributed by atoms with Gasteiger partial charge >= 0.3 is 4.59 Å². The summed E-state index contributed by atoms with van der Waals surface area (Å²) in [6, 6.07) is 61.5. The summed E-state index contributed by atoms with van der Waals surface area (Å²) in [5.74, 6) is 0. The van der Waals surface area contributed by atoms with Gasteiger partial charge in [0.1, 0.15) is 0 Å². The largest absolute Gasteiger partial charge is 0.743 e. The van der Waals surface area contributed by atoms with Crippen LogP contribution in [0.3, 0.4) is 0 Å². The maximum atomic E-state index is 11.6. The summed E-state index contributed by atoms with van der Waals surface area (Å²) >= 11 is 0. The van der Waals surface area contributed by atoms with E-state index < -0.39 is 24.8 Å². The lowest BCUT2D eigenvalue weighted by Crippen LogP contribution is -2.37. The van der Waals surface area contributed by atoms with Crippen molar-refractivity contribution in [1.29, 1.82) is 0 Å². The minimum Gasteiger partial charge on any atom is -0.743 e. The number of benzene rings is 6. The van der Waals surface area contributed by atoms with E-state index in [0.29, 0.717) is 0 Å². The van der Waals surface area contributed by atoms with Gasteiger partial charge in [0.15, 0.2) is 49.6 Å². The highest BCUT2D eigenvalue weighted by Gasteiger charge is 2.45. The highest BCUT2D eigenvalue weighted by atomic mass is 32.3. The van der Waals surface area contributed by atoms with Gasteiger partial charge in [-0.1, -0.05) is 139 Å². The molecule has 0 aromatic heterocycles. The van der Waals surface area contributed by atoms with E-state index in [-0.39, 0.29) is 32.6 Å². The van der Waals surface area contributed by atoms with Gasteiger partial charge in [-0.2, -0.15) is 8.78 Å². The predicted molar refractivity (Wildman–Crippen MR) is 225 cm³/mol. The van der Waals surface area contributed by atoms with Crippen molar-refractivity contribution < 1.29 is 34.7 Å². The van der Waals surface area contributed by atoms with Crippen LogP contribution in [0.1, 0.15) is 52.7 Å². The number of hydrogen-bond acceptors (Lipinski definition) is 6. The predicted octanol–water partition coefficient (Wildman–Crippen LogP) is 10.8. The van der Waals surface area contributed by atoms with Crippen LogP contribution in [-0.2, 0) is 52.9 Å². The number of hydrogen-bond donors (Lipinski definition) is 0. The van der Waals surface area contributed by atoms with Gasteiger partial charge in [-0.25, -0.2) is 16.8 Å². The molecule has 0 saturated heterocycles. The molecule has 0 saturated carbocycles. The highest BCUT2D eigenvalue weighted by molar-refractivity contribution is 8.04. The second-order valence-electron chi connectivity index (χ2n) is 14.8. The number of alkyl halides is 2. The molecule has 12 heteroatoms. The smallest absolute Gasteiger partial charge is 0.422 e. The summed E-state index contributed by atoms with van der Waals surface area (Å²) in [6.07, 6.45) is 0. The average molecular weight is 849 g/mol. The van der Waals surface area contributed by atoms with Crippen LogP contribution in [0.5, 0.6) is 0 Å². The zero-order chi connectivity index (χ0) is 42.1. The third kappa shape index (κ3) is 12.3. The summed E-state index contributed by atoms with van der Waals surface area (Å²) in [5, 5.41) is 0. The molecule has 0 atom stereocenters. The van der Waals surface area contributed by atoms with E-state index in [1.807, 2.05) is 0 Å².